The van der Waals surface area contributed by atoms with Gasteiger partial charge in [-0.05, 0) is 72.0 Å². The third-order valence-electron chi connectivity index (χ3n) is 10.3. The zero-order chi connectivity index (χ0) is 30.4. The van der Waals surface area contributed by atoms with Crippen molar-refractivity contribution in [1.29, 1.82) is 0 Å². The molecule has 0 radical (unpaired) electrons. The molecule has 0 spiro atoms. The number of hydrogen-bond acceptors (Lipinski definition) is 2. The summed E-state index contributed by atoms with van der Waals surface area (Å²) in [7, 11) is 0. The normalized spacial score (nSPS) is 19.7. The highest BCUT2D eigenvalue weighted by molar-refractivity contribution is 6.10. The number of para-hydroxylation sites is 3. The topological polar surface area (TPSA) is 21.3 Å². The lowest BCUT2D eigenvalue weighted by Gasteiger charge is -2.28. The van der Waals surface area contributed by atoms with Gasteiger partial charge in [0.1, 0.15) is 11.2 Å². The summed E-state index contributed by atoms with van der Waals surface area (Å²) in [6.07, 6.45) is 14.7. The minimum atomic E-state index is 0.270. The smallest absolute Gasteiger partial charge is 0.143 e. The Bertz CT molecular complexity index is 2440. The summed E-state index contributed by atoms with van der Waals surface area (Å²) >= 11 is 0. The van der Waals surface area contributed by atoms with Gasteiger partial charge in [0.15, 0.2) is 0 Å². The van der Waals surface area contributed by atoms with E-state index in [0.29, 0.717) is 11.8 Å². The molecule has 0 amide bonds. The van der Waals surface area contributed by atoms with E-state index in [-0.39, 0.29) is 6.04 Å². The number of fused-ring (bicyclic) bond motifs is 9. The van der Waals surface area contributed by atoms with Crippen LogP contribution >= 0.6 is 0 Å². The predicted octanol–water partition coefficient (Wildman–Crippen LogP) is 11.1. The Morgan fingerprint density at radius 1 is 0.696 bits per heavy atom. The zero-order valence-electron chi connectivity index (χ0n) is 25.6. The summed E-state index contributed by atoms with van der Waals surface area (Å²) in [6, 6.07) is 40.0. The van der Waals surface area contributed by atoms with Crippen LogP contribution in [0.3, 0.4) is 0 Å². The molecule has 220 valence electrons. The quantitative estimate of drug-likeness (QED) is 0.204. The molecule has 3 heterocycles. The van der Waals surface area contributed by atoms with Gasteiger partial charge in [0, 0.05) is 56.0 Å². The maximum absolute atomic E-state index is 6.69. The Balaban J connectivity index is 1.12. The summed E-state index contributed by atoms with van der Waals surface area (Å²) in [6.45, 7) is 2.30. The van der Waals surface area contributed by atoms with E-state index < -0.39 is 0 Å². The Kier molecular flexibility index (Phi) is 5.45. The first kappa shape index (κ1) is 25.8. The first-order valence-electron chi connectivity index (χ1n) is 16.3. The summed E-state index contributed by atoms with van der Waals surface area (Å²) in [4.78, 5) is 2.48. The number of aromatic nitrogens is 1. The van der Waals surface area contributed by atoms with E-state index in [1.54, 1.807) is 0 Å². The molecule has 0 saturated heterocycles. The first-order valence-corrected chi connectivity index (χ1v) is 16.3. The van der Waals surface area contributed by atoms with Crippen molar-refractivity contribution < 1.29 is 4.42 Å². The van der Waals surface area contributed by atoms with Gasteiger partial charge in [0.05, 0.1) is 11.6 Å². The van der Waals surface area contributed by atoms with Gasteiger partial charge in [-0.15, -0.1) is 0 Å². The number of hydrogen-bond donors (Lipinski definition) is 0. The SMILES string of the molecule is CC1C=Cc2c(n(-c3ccc4oc5c(-c6ccc7c(c6)C6C=CC=CC6N7c6ccccc6)cccc5c4c3)c3ccccc23)C1. The van der Waals surface area contributed by atoms with Crippen molar-refractivity contribution in [1.82, 2.24) is 4.57 Å². The van der Waals surface area contributed by atoms with Gasteiger partial charge in [0.2, 0.25) is 0 Å². The highest BCUT2D eigenvalue weighted by Crippen LogP contribution is 2.49. The molecule has 5 aromatic carbocycles. The molecule has 10 rings (SSSR count). The second-order valence-electron chi connectivity index (χ2n) is 13.0. The number of allylic oxidation sites excluding steroid dienone is 3. The van der Waals surface area contributed by atoms with Crippen LogP contribution in [0, 0.1) is 5.92 Å². The number of anilines is 2. The van der Waals surface area contributed by atoms with Gasteiger partial charge in [-0.3, -0.25) is 0 Å². The molecule has 2 aliphatic carbocycles. The molecule has 3 unspecified atom stereocenters. The molecular weight excluding hydrogens is 560 g/mol. The summed E-state index contributed by atoms with van der Waals surface area (Å²) in [5, 5.41) is 3.61. The second kappa shape index (κ2) is 9.73. The van der Waals surface area contributed by atoms with Crippen LogP contribution in [-0.4, -0.2) is 10.6 Å². The third-order valence-corrected chi connectivity index (χ3v) is 10.3. The fourth-order valence-electron chi connectivity index (χ4n) is 8.18. The van der Waals surface area contributed by atoms with Crippen LogP contribution in [-0.2, 0) is 6.42 Å². The van der Waals surface area contributed by atoms with Crippen molar-refractivity contribution in [2.24, 2.45) is 5.92 Å². The highest BCUT2D eigenvalue weighted by Gasteiger charge is 2.37. The molecular formula is C43H32N2O. The van der Waals surface area contributed by atoms with E-state index in [4.69, 9.17) is 4.42 Å². The molecule has 1 aliphatic heterocycles. The van der Waals surface area contributed by atoms with Crippen LogP contribution in [0.1, 0.15) is 29.7 Å². The van der Waals surface area contributed by atoms with Crippen molar-refractivity contribution in [3.05, 3.63) is 156 Å². The Hall–Kier alpha value is -5.54. The predicted molar refractivity (Wildman–Crippen MR) is 191 cm³/mol. The van der Waals surface area contributed by atoms with Crippen LogP contribution in [0.15, 0.2) is 144 Å². The Morgan fingerprint density at radius 2 is 1.54 bits per heavy atom. The van der Waals surface area contributed by atoms with Gasteiger partial charge >= 0.3 is 0 Å². The van der Waals surface area contributed by atoms with E-state index in [1.165, 1.54) is 50.3 Å². The molecule has 3 nitrogen and oxygen atoms in total. The highest BCUT2D eigenvalue weighted by atomic mass is 16.3. The standard InChI is InChI=1S/C43H32N2O/c1-27-18-21-34-32-12-5-7-16-38(32)45(41(34)24-27)30-20-23-42-37(26-30)35-15-9-14-31(43(35)46-42)28-19-22-40-36(25-28)33-13-6-8-17-39(33)44(40)29-10-3-2-4-11-29/h2-23,25-27,33,39H,24H2,1H3. The molecule has 0 fully saturated rings. The summed E-state index contributed by atoms with van der Waals surface area (Å²) in [5.74, 6) is 0.816. The van der Waals surface area contributed by atoms with E-state index in [9.17, 15) is 0 Å². The third kappa shape index (κ3) is 3.66. The van der Waals surface area contributed by atoms with E-state index in [0.717, 1.165) is 33.9 Å². The van der Waals surface area contributed by atoms with Crippen LogP contribution in [0.25, 0.3) is 55.7 Å². The van der Waals surface area contributed by atoms with Crippen molar-refractivity contribution in [3.63, 3.8) is 0 Å². The van der Waals surface area contributed by atoms with E-state index in [2.05, 4.69) is 162 Å². The minimum absolute atomic E-state index is 0.270. The van der Waals surface area contributed by atoms with Gasteiger partial charge in [-0.2, -0.15) is 0 Å². The molecule has 2 aromatic heterocycles. The van der Waals surface area contributed by atoms with E-state index in [1.807, 2.05) is 0 Å². The molecule has 0 saturated carbocycles. The van der Waals surface area contributed by atoms with E-state index >= 15 is 0 Å². The van der Waals surface area contributed by atoms with Crippen molar-refractivity contribution >= 4 is 50.3 Å². The maximum Gasteiger partial charge on any atom is 0.143 e. The van der Waals surface area contributed by atoms with Crippen molar-refractivity contribution in [3.8, 4) is 16.8 Å². The molecule has 3 heteroatoms. The average molecular weight is 593 g/mol. The number of nitrogens with zero attached hydrogens (tertiary/aromatic N) is 2. The summed E-state index contributed by atoms with van der Waals surface area (Å²) in [5.41, 5.74) is 13.2. The number of benzene rings is 5. The largest absolute Gasteiger partial charge is 0.455 e. The molecule has 3 aliphatic rings. The lowest BCUT2D eigenvalue weighted by molar-refractivity contribution is 0.669. The van der Waals surface area contributed by atoms with Crippen LogP contribution < -0.4 is 4.90 Å². The Morgan fingerprint density at radius 3 is 2.48 bits per heavy atom. The van der Waals surface area contributed by atoms with Gasteiger partial charge in [-0.25, -0.2) is 0 Å². The fourth-order valence-corrected chi connectivity index (χ4v) is 8.18. The molecule has 7 aromatic rings. The van der Waals surface area contributed by atoms with Gasteiger partial charge in [0.25, 0.3) is 0 Å². The second-order valence-corrected chi connectivity index (χ2v) is 13.0. The van der Waals surface area contributed by atoms with Gasteiger partial charge < -0.3 is 13.9 Å². The number of furan rings is 1. The molecule has 0 N–H and O–H groups in total. The monoisotopic (exact) mass is 592 g/mol. The Labute approximate surface area is 268 Å². The zero-order valence-corrected chi connectivity index (χ0v) is 25.6. The minimum Gasteiger partial charge on any atom is -0.455 e. The molecule has 3 atom stereocenters. The molecule has 0 bridgehead atoms. The number of rotatable bonds is 3. The molecule has 46 heavy (non-hydrogen) atoms. The van der Waals surface area contributed by atoms with Crippen molar-refractivity contribution in [2.75, 3.05) is 4.90 Å². The fraction of sp³-hybridized carbons (Fsp3) is 0.116. The maximum atomic E-state index is 6.69. The van der Waals surface area contributed by atoms with Crippen LogP contribution in [0.2, 0.25) is 0 Å². The van der Waals surface area contributed by atoms with Gasteiger partial charge in [-0.1, -0.05) is 104 Å². The summed E-state index contributed by atoms with van der Waals surface area (Å²) < 4.78 is 9.15. The lowest BCUT2D eigenvalue weighted by atomic mass is 9.89. The van der Waals surface area contributed by atoms with Crippen molar-refractivity contribution in [2.45, 2.75) is 25.3 Å². The lowest BCUT2D eigenvalue weighted by Crippen LogP contribution is -2.28. The first-order chi connectivity index (χ1) is 22.7. The van der Waals surface area contributed by atoms with Crippen LogP contribution in [0.5, 0.6) is 0 Å². The average Bonchev–Trinajstić information content (AvgIpc) is 3.75. The van der Waals surface area contributed by atoms with Crippen LogP contribution in [0.4, 0.5) is 11.4 Å².